The van der Waals surface area contributed by atoms with E-state index < -0.39 is 16.1 Å². The van der Waals surface area contributed by atoms with E-state index in [-0.39, 0.29) is 4.90 Å². The first-order valence-corrected chi connectivity index (χ1v) is 8.70. The molecule has 0 saturated heterocycles. The van der Waals surface area contributed by atoms with Gasteiger partial charge in [0.1, 0.15) is 11.8 Å². The molecule has 0 radical (unpaired) electrons. The van der Waals surface area contributed by atoms with Crippen LogP contribution in [-0.4, -0.2) is 15.5 Å². The fraction of sp³-hybridized carbons (Fsp3) is 0.222. The Labute approximate surface area is 137 Å². The maximum Gasteiger partial charge on any atom is 0.241 e. The molecule has 0 heterocycles. The molecule has 0 aliphatic carbocycles. The Morgan fingerprint density at radius 1 is 1.00 bits per heavy atom. The van der Waals surface area contributed by atoms with E-state index in [1.807, 2.05) is 38.1 Å². The van der Waals surface area contributed by atoms with Crippen LogP contribution in [0.4, 0.5) is 0 Å². The highest BCUT2D eigenvalue weighted by atomic mass is 32.2. The second kappa shape index (κ2) is 6.98. The summed E-state index contributed by atoms with van der Waals surface area (Å²) in [5.41, 5.74) is 2.87. The van der Waals surface area contributed by atoms with Crippen molar-refractivity contribution < 1.29 is 13.2 Å². The van der Waals surface area contributed by atoms with Crippen LogP contribution in [-0.2, 0) is 14.8 Å². The van der Waals surface area contributed by atoms with Crippen LogP contribution in [0.3, 0.4) is 0 Å². The largest absolute Gasteiger partial charge is 0.500 e. The smallest absolute Gasteiger partial charge is 0.241 e. The molecule has 0 aliphatic rings. The third-order valence-corrected chi connectivity index (χ3v) is 5.04. The molecule has 0 amide bonds. The monoisotopic (exact) mass is 331 g/mol. The van der Waals surface area contributed by atoms with Crippen LogP contribution in [0.1, 0.15) is 22.7 Å². The summed E-state index contributed by atoms with van der Waals surface area (Å²) < 4.78 is 33.1. The van der Waals surface area contributed by atoms with Crippen LogP contribution < -0.4 is 4.72 Å². The highest BCUT2D eigenvalue weighted by Crippen LogP contribution is 2.24. The number of benzene rings is 2. The van der Waals surface area contributed by atoms with Crippen LogP contribution in [0.2, 0.25) is 0 Å². The number of nitrogens with one attached hydrogen (secondary N) is 1. The molecular weight excluding hydrogens is 310 g/mol. The van der Waals surface area contributed by atoms with Gasteiger partial charge in [0, 0.05) is 0 Å². The van der Waals surface area contributed by atoms with Crippen molar-refractivity contribution in [2.45, 2.75) is 24.8 Å². The summed E-state index contributed by atoms with van der Waals surface area (Å²) in [5, 5.41) is 0. The lowest BCUT2D eigenvalue weighted by Gasteiger charge is -2.21. The third-order valence-electron chi connectivity index (χ3n) is 3.60. The second-order valence-corrected chi connectivity index (χ2v) is 7.16. The average molecular weight is 331 g/mol. The Morgan fingerprint density at radius 2 is 1.48 bits per heavy atom. The number of ether oxygens (including phenoxy) is 1. The van der Waals surface area contributed by atoms with Crippen molar-refractivity contribution >= 4 is 10.0 Å². The molecule has 0 fully saturated rings. The SMILES string of the molecule is C=C(OC)C(NS(=O)(=O)c1ccc(C)cc1)c1ccc(C)cc1. The maximum absolute atomic E-state index is 12.6. The number of hydrogen-bond acceptors (Lipinski definition) is 3. The lowest BCUT2D eigenvalue weighted by Crippen LogP contribution is -2.30. The third kappa shape index (κ3) is 4.21. The molecular formula is C18H21NO3S. The molecule has 1 atom stereocenters. The van der Waals surface area contributed by atoms with Crippen LogP contribution in [0, 0.1) is 13.8 Å². The minimum absolute atomic E-state index is 0.212. The van der Waals surface area contributed by atoms with E-state index in [1.165, 1.54) is 7.11 Å². The van der Waals surface area contributed by atoms with Crippen LogP contribution in [0.25, 0.3) is 0 Å². The molecule has 2 aromatic rings. The normalized spacial score (nSPS) is 12.7. The lowest BCUT2D eigenvalue weighted by molar-refractivity contribution is 0.262. The molecule has 2 aromatic carbocycles. The molecule has 1 unspecified atom stereocenters. The van der Waals surface area contributed by atoms with Gasteiger partial charge in [0.25, 0.3) is 0 Å². The second-order valence-electron chi connectivity index (χ2n) is 5.45. The number of hydrogen-bond donors (Lipinski definition) is 1. The standard InChI is InChI=1S/C18H21NO3S/c1-13-5-9-16(10-6-13)18(15(3)22-4)19-23(20,21)17-11-7-14(2)8-12-17/h5-12,18-19H,3H2,1-2,4H3. The number of aryl methyl sites for hydroxylation is 2. The first-order chi connectivity index (χ1) is 10.8. The molecule has 5 heteroatoms. The van der Waals surface area contributed by atoms with Gasteiger partial charge in [0.15, 0.2) is 0 Å². The van der Waals surface area contributed by atoms with Gasteiger partial charge in [-0.25, -0.2) is 8.42 Å². The maximum atomic E-state index is 12.6. The lowest BCUT2D eigenvalue weighted by atomic mass is 10.1. The van der Waals surface area contributed by atoms with E-state index in [9.17, 15) is 8.42 Å². The Bertz CT molecular complexity index is 778. The van der Waals surface area contributed by atoms with Crippen molar-refractivity contribution in [3.63, 3.8) is 0 Å². The Balaban J connectivity index is 2.35. The van der Waals surface area contributed by atoms with Crippen molar-refractivity contribution in [3.05, 3.63) is 77.6 Å². The van der Waals surface area contributed by atoms with Crippen LogP contribution >= 0.6 is 0 Å². The van der Waals surface area contributed by atoms with Gasteiger partial charge in [-0.05, 0) is 31.5 Å². The van der Waals surface area contributed by atoms with Gasteiger partial charge in [-0.1, -0.05) is 54.1 Å². The van der Waals surface area contributed by atoms with Gasteiger partial charge in [-0.15, -0.1) is 0 Å². The van der Waals surface area contributed by atoms with E-state index in [4.69, 9.17) is 4.74 Å². The molecule has 4 nitrogen and oxygen atoms in total. The molecule has 0 bridgehead atoms. The Hall–Kier alpha value is -2.11. The molecule has 122 valence electrons. The molecule has 0 aromatic heterocycles. The van der Waals surface area contributed by atoms with E-state index in [1.54, 1.807) is 24.3 Å². The van der Waals surface area contributed by atoms with E-state index >= 15 is 0 Å². The summed E-state index contributed by atoms with van der Waals surface area (Å²) in [6.45, 7) is 7.70. The average Bonchev–Trinajstić information content (AvgIpc) is 2.53. The minimum Gasteiger partial charge on any atom is -0.500 e. The number of sulfonamides is 1. The quantitative estimate of drug-likeness (QED) is 0.825. The predicted octanol–water partition coefficient (Wildman–Crippen LogP) is 3.48. The zero-order chi connectivity index (χ0) is 17.0. The van der Waals surface area contributed by atoms with E-state index in [2.05, 4.69) is 11.3 Å². The highest BCUT2D eigenvalue weighted by Gasteiger charge is 2.24. The fourth-order valence-electron chi connectivity index (χ4n) is 2.14. The van der Waals surface area contributed by atoms with E-state index in [0.29, 0.717) is 5.76 Å². The Morgan fingerprint density at radius 3 is 1.96 bits per heavy atom. The van der Waals surface area contributed by atoms with Gasteiger partial charge in [0.2, 0.25) is 10.0 Å². The predicted molar refractivity (Wildman–Crippen MR) is 91.6 cm³/mol. The topological polar surface area (TPSA) is 55.4 Å². The van der Waals surface area contributed by atoms with Crippen molar-refractivity contribution in [1.29, 1.82) is 0 Å². The zero-order valence-electron chi connectivity index (χ0n) is 13.5. The molecule has 1 N–H and O–H groups in total. The van der Waals surface area contributed by atoms with Crippen molar-refractivity contribution in [1.82, 2.24) is 4.72 Å². The first-order valence-electron chi connectivity index (χ1n) is 7.22. The molecule has 0 saturated carbocycles. The number of rotatable bonds is 6. The summed E-state index contributed by atoms with van der Waals surface area (Å²) in [6, 6.07) is 13.6. The molecule has 23 heavy (non-hydrogen) atoms. The van der Waals surface area contributed by atoms with E-state index in [0.717, 1.165) is 16.7 Å². The first kappa shape index (κ1) is 17.2. The fourth-order valence-corrected chi connectivity index (χ4v) is 3.35. The summed E-state index contributed by atoms with van der Waals surface area (Å²) in [4.78, 5) is 0.212. The van der Waals surface area contributed by atoms with Crippen molar-refractivity contribution in [2.24, 2.45) is 0 Å². The van der Waals surface area contributed by atoms with Gasteiger partial charge in [-0.3, -0.25) is 0 Å². The van der Waals surface area contributed by atoms with Gasteiger partial charge in [-0.2, -0.15) is 4.72 Å². The van der Waals surface area contributed by atoms with Gasteiger partial charge in [0.05, 0.1) is 12.0 Å². The summed E-state index contributed by atoms with van der Waals surface area (Å²) >= 11 is 0. The summed E-state index contributed by atoms with van der Waals surface area (Å²) in [5.74, 6) is 0.338. The summed E-state index contributed by atoms with van der Waals surface area (Å²) in [7, 11) is -2.20. The van der Waals surface area contributed by atoms with Gasteiger partial charge < -0.3 is 4.74 Å². The Kier molecular flexibility index (Phi) is 5.23. The van der Waals surface area contributed by atoms with Crippen molar-refractivity contribution in [2.75, 3.05) is 7.11 Å². The van der Waals surface area contributed by atoms with Gasteiger partial charge >= 0.3 is 0 Å². The molecule has 2 rings (SSSR count). The zero-order valence-corrected chi connectivity index (χ0v) is 14.4. The summed E-state index contributed by atoms with van der Waals surface area (Å²) in [6.07, 6.45) is 0. The van der Waals surface area contributed by atoms with Crippen LogP contribution in [0.15, 0.2) is 65.8 Å². The number of methoxy groups -OCH3 is 1. The molecule has 0 spiro atoms. The molecule has 0 aliphatic heterocycles. The minimum atomic E-state index is -3.68. The highest BCUT2D eigenvalue weighted by molar-refractivity contribution is 7.89. The van der Waals surface area contributed by atoms with Crippen LogP contribution in [0.5, 0.6) is 0 Å². The van der Waals surface area contributed by atoms with Crippen molar-refractivity contribution in [3.8, 4) is 0 Å².